The third-order valence-corrected chi connectivity index (χ3v) is 11.8. The SMILES string of the molecule is [2H]c1cc([2H])c2c(sc3c([2H])cc([2H])c([2H])c32)c1-c1cc(-c2nc(-c3ccccc3)nc(-c3ccc4c(c3)oc3ccccc34)n2)ccc1-n1c2ccccc2c2ccccc21. The van der Waals surface area contributed by atoms with Crippen molar-refractivity contribution in [2.75, 3.05) is 0 Å². The molecule has 0 radical (unpaired) electrons. The minimum atomic E-state index is -0.0783. The Hall–Kier alpha value is -7.41. The summed E-state index contributed by atoms with van der Waals surface area (Å²) in [5.74, 6) is 1.38. The maximum Gasteiger partial charge on any atom is 0.164 e. The number of aromatic nitrogens is 4. The number of fused-ring (bicyclic) bond motifs is 9. The molecule has 266 valence electrons. The van der Waals surface area contributed by atoms with Crippen molar-refractivity contribution in [2.24, 2.45) is 0 Å². The molecule has 0 aliphatic carbocycles. The normalized spacial score (nSPS) is 13.1. The third-order valence-electron chi connectivity index (χ3n) is 10.7. The van der Waals surface area contributed by atoms with Crippen molar-refractivity contribution in [2.45, 2.75) is 0 Å². The van der Waals surface area contributed by atoms with Crippen LogP contribution in [0.15, 0.2) is 186 Å². The maximum absolute atomic E-state index is 9.57. The zero-order chi connectivity index (χ0) is 41.8. The molecule has 0 spiro atoms. The Morgan fingerprint density at radius 1 is 0.456 bits per heavy atom. The van der Waals surface area contributed by atoms with E-state index in [4.69, 9.17) is 24.9 Å². The average Bonchev–Trinajstić information content (AvgIpc) is 3.99. The number of hydrogen-bond acceptors (Lipinski definition) is 5. The third kappa shape index (κ3) is 5.04. The van der Waals surface area contributed by atoms with Gasteiger partial charge in [0.15, 0.2) is 17.5 Å². The molecule has 0 atom stereocenters. The number of hydrogen-bond donors (Lipinski definition) is 0. The van der Waals surface area contributed by atoms with Gasteiger partial charge in [0.1, 0.15) is 11.2 Å². The Labute approximate surface area is 337 Å². The van der Waals surface area contributed by atoms with Crippen molar-refractivity contribution in [1.82, 2.24) is 19.5 Å². The van der Waals surface area contributed by atoms with Gasteiger partial charge < -0.3 is 8.98 Å². The molecule has 12 rings (SSSR count). The Balaban J connectivity index is 1.16. The van der Waals surface area contributed by atoms with Gasteiger partial charge in [-0.25, -0.2) is 15.0 Å². The molecule has 0 bridgehead atoms. The van der Waals surface area contributed by atoms with Gasteiger partial charge >= 0.3 is 0 Å². The van der Waals surface area contributed by atoms with E-state index in [-0.39, 0.29) is 30.2 Å². The summed E-state index contributed by atoms with van der Waals surface area (Å²) >= 11 is 1.29. The highest BCUT2D eigenvalue weighted by atomic mass is 32.1. The fourth-order valence-corrected chi connectivity index (χ4v) is 9.20. The summed E-state index contributed by atoms with van der Waals surface area (Å²) < 4.78 is 54.5. The molecule has 0 aliphatic heterocycles. The smallest absolute Gasteiger partial charge is 0.164 e. The molecular formula is C51H30N4OS. The summed E-state index contributed by atoms with van der Waals surface area (Å²) in [6, 6.07) is 49.4. The molecule has 5 nitrogen and oxygen atoms in total. The minimum absolute atomic E-state index is 0.0391. The summed E-state index contributed by atoms with van der Waals surface area (Å²) in [4.78, 5) is 15.2. The Morgan fingerprint density at radius 3 is 1.89 bits per heavy atom. The first-order valence-corrected chi connectivity index (χ1v) is 19.4. The second-order valence-electron chi connectivity index (χ2n) is 14.0. The van der Waals surface area contributed by atoms with E-state index in [2.05, 4.69) is 28.8 Å². The van der Waals surface area contributed by atoms with Crippen molar-refractivity contribution in [1.29, 1.82) is 0 Å². The van der Waals surface area contributed by atoms with Gasteiger partial charge in [-0.05, 0) is 54.6 Å². The number of para-hydroxylation sites is 3. The lowest BCUT2D eigenvalue weighted by molar-refractivity contribution is 0.669. The molecule has 0 saturated carbocycles. The summed E-state index contributed by atoms with van der Waals surface area (Å²) in [5, 5.41) is 5.03. The first-order valence-electron chi connectivity index (χ1n) is 21.1. The molecule has 0 amide bonds. The van der Waals surface area contributed by atoms with E-state index in [9.17, 15) is 1.37 Å². The van der Waals surface area contributed by atoms with Crippen LogP contribution in [-0.2, 0) is 0 Å². The van der Waals surface area contributed by atoms with E-state index < -0.39 is 0 Å². The Bertz CT molecular complexity index is 3790. The van der Waals surface area contributed by atoms with Gasteiger partial charge in [-0.3, -0.25) is 0 Å². The number of benzene rings is 8. The van der Waals surface area contributed by atoms with Crippen LogP contribution in [-0.4, -0.2) is 19.5 Å². The van der Waals surface area contributed by atoms with Gasteiger partial charge in [0.25, 0.3) is 0 Å². The summed E-state index contributed by atoms with van der Waals surface area (Å²) in [5.41, 5.74) is 7.78. The number of rotatable bonds is 5. The van der Waals surface area contributed by atoms with E-state index in [1.165, 1.54) is 23.5 Å². The highest BCUT2D eigenvalue weighted by Crippen LogP contribution is 2.44. The van der Waals surface area contributed by atoms with Crippen molar-refractivity contribution in [3.63, 3.8) is 0 Å². The highest BCUT2D eigenvalue weighted by Gasteiger charge is 2.21. The van der Waals surface area contributed by atoms with Crippen LogP contribution in [0.4, 0.5) is 0 Å². The molecular weight excluding hydrogens is 717 g/mol. The van der Waals surface area contributed by atoms with Crippen LogP contribution in [0.25, 0.3) is 115 Å². The fourth-order valence-electron chi connectivity index (χ4n) is 8.09. The Kier molecular flexibility index (Phi) is 6.00. The summed E-state index contributed by atoms with van der Waals surface area (Å²) in [6.07, 6.45) is 0. The monoisotopic (exact) mass is 751 g/mol. The van der Waals surface area contributed by atoms with Gasteiger partial charge in [0.05, 0.1) is 23.6 Å². The van der Waals surface area contributed by atoms with Crippen LogP contribution >= 0.6 is 11.3 Å². The van der Waals surface area contributed by atoms with Gasteiger partial charge in [-0.1, -0.05) is 127 Å². The van der Waals surface area contributed by atoms with Gasteiger partial charge in [0, 0.05) is 69.5 Å². The largest absolute Gasteiger partial charge is 0.456 e. The molecule has 8 aromatic carbocycles. The molecule has 0 N–H and O–H groups in total. The van der Waals surface area contributed by atoms with Crippen molar-refractivity contribution >= 4 is 75.3 Å². The first-order chi connectivity index (χ1) is 30.3. The summed E-state index contributed by atoms with van der Waals surface area (Å²) in [6.45, 7) is 0. The zero-order valence-electron chi connectivity index (χ0n) is 35.0. The predicted octanol–water partition coefficient (Wildman–Crippen LogP) is 13.9. The minimum Gasteiger partial charge on any atom is -0.456 e. The average molecular weight is 752 g/mol. The van der Waals surface area contributed by atoms with E-state index in [1.807, 2.05) is 115 Å². The highest BCUT2D eigenvalue weighted by molar-refractivity contribution is 7.26. The van der Waals surface area contributed by atoms with Crippen molar-refractivity contribution in [3.05, 3.63) is 182 Å². The first kappa shape index (κ1) is 27.2. The molecule has 4 aromatic heterocycles. The fraction of sp³-hybridized carbons (Fsp3) is 0. The molecule has 0 aliphatic rings. The number of furan rings is 1. The quantitative estimate of drug-likeness (QED) is 0.176. The van der Waals surface area contributed by atoms with E-state index >= 15 is 0 Å². The lowest BCUT2D eigenvalue weighted by Gasteiger charge is -2.17. The summed E-state index contributed by atoms with van der Waals surface area (Å²) in [7, 11) is 0. The topological polar surface area (TPSA) is 56.7 Å². The molecule has 12 aromatic rings. The van der Waals surface area contributed by atoms with E-state index in [1.54, 1.807) is 0 Å². The standard InChI is InChI=1S/C51H30N4OS/c1-2-13-31(14-3-1)49-52-50(54-51(53-49)33-25-27-37-36-17-6-10-23-45(36)56-46(37)30-33)32-26-28-44(55-42-21-8-4-15-34(42)35-16-5-9-22-43(35)55)41(29-32)40-20-12-19-39-38-18-7-11-24-47(38)57-48(39)40/h1-30H/i7D,18D,19D,20D,24D. The van der Waals surface area contributed by atoms with Crippen LogP contribution in [0.5, 0.6) is 0 Å². The van der Waals surface area contributed by atoms with E-state index in [0.29, 0.717) is 54.3 Å². The van der Waals surface area contributed by atoms with Crippen molar-refractivity contribution < 1.29 is 11.3 Å². The van der Waals surface area contributed by atoms with Crippen LogP contribution in [0.3, 0.4) is 0 Å². The number of thiophene rings is 1. The lowest BCUT2D eigenvalue weighted by Crippen LogP contribution is -2.02. The molecule has 0 fully saturated rings. The lowest BCUT2D eigenvalue weighted by atomic mass is 9.98. The molecule has 4 heterocycles. The van der Waals surface area contributed by atoms with E-state index in [0.717, 1.165) is 60.6 Å². The second-order valence-corrected chi connectivity index (χ2v) is 15.0. The van der Waals surface area contributed by atoms with Gasteiger partial charge in [0.2, 0.25) is 0 Å². The molecule has 0 saturated heterocycles. The van der Waals surface area contributed by atoms with Crippen LogP contribution in [0.1, 0.15) is 6.85 Å². The zero-order valence-corrected chi connectivity index (χ0v) is 30.9. The van der Waals surface area contributed by atoms with Crippen LogP contribution in [0.2, 0.25) is 0 Å². The Morgan fingerprint density at radius 2 is 1.11 bits per heavy atom. The van der Waals surface area contributed by atoms with Crippen molar-refractivity contribution in [3.8, 4) is 51.0 Å². The second kappa shape index (κ2) is 12.6. The van der Waals surface area contributed by atoms with Crippen LogP contribution < -0.4 is 0 Å². The molecule has 0 unspecified atom stereocenters. The van der Waals surface area contributed by atoms with Gasteiger partial charge in [-0.15, -0.1) is 11.3 Å². The van der Waals surface area contributed by atoms with Gasteiger partial charge in [-0.2, -0.15) is 0 Å². The maximum atomic E-state index is 9.57. The van der Waals surface area contributed by atoms with Crippen LogP contribution in [0, 0.1) is 0 Å². The molecule has 57 heavy (non-hydrogen) atoms. The predicted molar refractivity (Wildman–Crippen MR) is 236 cm³/mol. The number of nitrogens with zero attached hydrogens (tertiary/aromatic N) is 4. The molecule has 6 heteroatoms.